The maximum Gasteiger partial charge on any atom is 0.382 e. The average Bonchev–Trinajstić information content (AvgIpc) is 2.44. The molecule has 0 saturated carbocycles. The van der Waals surface area contributed by atoms with Crippen molar-refractivity contribution in [3.63, 3.8) is 0 Å². The molecule has 0 aliphatic rings. The number of carbonyl (C=O) groups excluding carboxylic acids is 1. The van der Waals surface area contributed by atoms with Gasteiger partial charge < -0.3 is 14.7 Å². The molecule has 9 heteroatoms. The predicted molar refractivity (Wildman–Crippen MR) is 54.5 cm³/mol. The minimum absolute atomic E-state index is 0.276. The molecule has 0 bridgehead atoms. The summed E-state index contributed by atoms with van der Waals surface area (Å²) in [5, 5.41) is 10.4. The van der Waals surface area contributed by atoms with Crippen LogP contribution in [0.25, 0.3) is 0 Å². The van der Waals surface area contributed by atoms with Crippen molar-refractivity contribution >= 4 is 46.4 Å². The van der Waals surface area contributed by atoms with Gasteiger partial charge >= 0.3 is 5.82 Å². The lowest BCUT2D eigenvalue weighted by Gasteiger charge is -2.05. The van der Waals surface area contributed by atoms with Crippen molar-refractivity contribution in [1.82, 2.24) is 9.55 Å². The van der Waals surface area contributed by atoms with Crippen LogP contribution >= 0.6 is 34.8 Å². The third kappa shape index (κ3) is 2.58. The molecule has 0 radical (unpaired) electrons. The smallest absolute Gasteiger partial charge is 0.358 e. The van der Waals surface area contributed by atoms with Crippen molar-refractivity contribution < 1.29 is 9.72 Å². The summed E-state index contributed by atoms with van der Waals surface area (Å²) in [6.07, 6.45) is 1.06. The van der Waals surface area contributed by atoms with Crippen LogP contribution in [0, 0.1) is 10.1 Å². The zero-order chi connectivity index (χ0) is 11.8. The molecule has 0 amide bonds. The molecule has 1 aromatic heterocycles. The maximum absolute atomic E-state index is 11.4. The number of halogens is 3. The molecule has 0 aromatic carbocycles. The Hall–Kier alpha value is -0.850. The quantitative estimate of drug-likeness (QED) is 0.356. The number of alkyl halides is 3. The number of imidazole rings is 1. The third-order valence-electron chi connectivity index (χ3n) is 1.51. The lowest BCUT2D eigenvalue weighted by Crippen LogP contribution is -2.22. The topological polar surface area (TPSA) is 78.0 Å². The molecule has 82 valence electrons. The fourth-order valence-electron chi connectivity index (χ4n) is 0.876. The Bertz CT molecular complexity index is 423. The van der Waals surface area contributed by atoms with Crippen LogP contribution in [-0.4, -0.2) is 24.1 Å². The van der Waals surface area contributed by atoms with Gasteiger partial charge in [-0.25, -0.2) is 0 Å². The molecule has 0 atom stereocenters. The van der Waals surface area contributed by atoms with Crippen LogP contribution in [0.2, 0.25) is 0 Å². The van der Waals surface area contributed by atoms with Crippen LogP contribution in [0.4, 0.5) is 5.82 Å². The first-order valence-electron chi connectivity index (χ1n) is 3.52. The summed E-state index contributed by atoms with van der Waals surface area (Å²) in [6, 6.07) is 0. The Balaban J connectivity index is 3.16. The van der Waals surface area contributed by atoms with Gasteiger partial charge in [0.2, 0.25) is 0 Å². The van der Waals surface area contributed by atoms with Crippen LogP contribution in [0.15, 0.2) is 6.20 Å². The van der Waals surface area contributed by atoms with Gasteiger partial charge in [0.25, 0.3) is 15.4 Å². The highest BCUT2D eigenvalue weighted by Gasteiger charge is 2.38. The largest absolute Gasteiger partial charge is 0.382 e. The van der Waals surface area contributed by atoms with E-state index in [0.717, 1.165) is 10.8 Å². The van der Waals surface area contributed by atoms with Crippen LogP contribution in [-0.2, 0) is 7.05 Å². The van der Waals surface area contributed by atoms with Crippen molar-refractivity contribution in [3.05, 3.63) is 22.1 Å². The van der Waals surface area contributed by atoms with Crippen molar-refractivity contribution in [2.45, 2.75) is 3.79 Å². The molecule has 1 rings (SSSR count). The van der Waals surface area contributed by atoms with E-state index in [1.54, 1.807) is 0 Å². The van der Waals surface area contributed by atoms with Gasteiger partial charge in [-0.2, -0.15) is 0 Å². The maximum atomic E-state index is 11.4. The van der Waals surface area contributed by atoms with Gasteiger partial charge in [-0.05, 0) is 9.91 Å². The first kappa shape index (κ1) is 12.2. The average molecular weight is 272 g/mol. The van der Waals surface area contributed by atoms with Crippen molar-refractivity contribution in [2.24, 2.45) is 7.05 Å². The summed E-state index contributed by atoms with van der Waals surface area (Å²) in [4.78, 5) is 24.5. The Morgan fingerprint density at radius 3 is 2.47 bits per heavy atom. The van der Waals surface area contributed by atoms with E-state index in [4.69, 9.17) is 34.8 Å². The molecule has 0 fully saturated rings. The minimum Gasteiger partial charge on any atom is -0.358 e. The molecule has 0 spiro atoms. The van der Waals surface area contributed by atoms with E-state index in [1.807, 2.05) is 0 Å². The van der Waals surface area contributed by atoms with Crippen LogP contribution < -0.4 is 0 Å². The summed E-state index contributed by atoms with van der Waals surface area (Å²) >= 11 is 16.0. The number of ketones is 1. The van der Waals surface area contributed by atoms with E-state index in [1.165, 1.54) is 7.05 Å². The Labute approximate surface area is 98.9 Å². The zero-order valence-electron chi connectivity index (χ0n) is 7.28. The van der Waals surface area contributed by atoms with Crippen LogP contribution in [0.3, 0.4) is 0 Å². The van der Waals surface area contributed by atoms with Gasteiger partial charge in [-0.1, -0.05) is 34.8 Å². The lowest BCUT2D eigenvalue weighted by atomic mass is 10.4. The van der Waals surface area contributed by atoms with E-state index < -0.39 is 20.3 Å². The van der Waals surface area contributed by atoms with E-state index in [2.05, 4.69) is 4.98 Å². The van der Waals surface area contributed by atoms with Crippen LogP contribution in [0.1, 0.15) is 10.6 Å². The monoisotopic (exact) mass is 271 g/mol. The fourth-order valence-corrected chi connectivity index (χ4v) is 1.13. The normalized spacial score (nSPS) is 11.5. The van der Waals surface area contributed by atoms with E-state index in [-0.39, 0.29) is 5.82 Å². The summed E-state index contributed by atoms with van der Waals surface area (Å²) in [7, 11) is 1.39. The second kappa shape index (κ2) is 3.96. The first-order chi connectivity index (χ1) is 6.73. The molecule has 0 N–H and O–H groups in total. The van der Waals surface area contributed by atoms with Crippen molar-refractivity contribution in [3.8, 4) is 0 Å². The molecule has 1 aromatic rings. The number of nitrogens with zero attached hydrogens (tertiary/aromatic N) is 3. The number of aryl methyl sites for hydroxylation is 1. The number of nitro groups is 1. The van der Waals surface area contributed by atoms with Gasteiger partial charge in [-0.3, -0.25) is 4.79 Å². The molecule has 1 heterocycles. The number of aromatic nitrogens is 2. The SMILES string of the molecule is Cn1cc([N+](=O)[O-])nc1C(=O)C(Cl)(Cl)Cl. The van der Waals surface area contributed by atoms with Crippen molar-refractivity contribution in [1.29, 1.82) is 0 Å². The zero-order valence-corrected chi connectivity index (χ0v) is 9.55. The predicted octanol–water partition coefficient (Wildman–Crippen LogP) is 1.88. The number of carbonyl (C=O) groups is 1. The van der Waals surface area contributed by atoms with E-state index in [0.29, 0.717) is 0 Å². The number of hydrogen-bond donors (Lipinski definition) is 0. The highest BCUT2D eigenvalue weighted by molar-refractivity contribution is 6.77. The minimum atomic E-state index is -2.17. The van der Waals surface area contributed by atoms with E-state index >= 15 is 0 Å². The van der Waals surface area contributed by atoms with Crippen molar-refractivity contribution in [2.75, 3.05) is 0 Å². The number of rotatable bonds is 2. The third-order valence-corrected chi connectivity index (χ3v) is 2.03. The van der Waals surface area contributed by atoms with Gasteiger partial charge in [0.05, 0.1) is 0 Å². The van der Waals surface area contributed by atoms with Crippen LogP contribution in [0.5, 0.6) is 0 Å². The van der Waals surface area contributed by atoms with E-state index in [9.17, 15) is 14.9 Å². The number of Topliss-reactive ketones (excluding diaryl/α,β-unsaturated/α-hetero) is 1. The van der Waals surface area contributed by atoms with Gasteiger partial charge in [0, 0.05) is 7.05 Å². The molecule has 15 heavy (non-hydrogen) atoms. The highest BCUT2D eigenvalue weighted by atomic mass is 35.6. The summed E-state index contributed by atoms with van der Waals surface area (Å²) in [5.74, 6) is -1.67. The summed E-state index contributed by atoms with van der Waals surface area (Å²) < 4.78 is -1.05. The highest BCUT2D eigenvalue weighted by Crippen LogP contribution is 2.30. The Morgan fingerprint density at radius 1 is 1.60 bits per heavy atom. The molecule has 0 unspecified atom stereocenters. The molecule has 0 saturated heterocycles. The second-order valence-corrected chi connectivity index (χ2v) is 4.90. The molecular weight excluding hydrogens is 268 g/mol. The molecule has 0 aliphatic carbocycles. The first-order valence-corrected chi connectivity index (χ1v) is 4.66. The Morgan fingerprint density at radius 2 is 2.13 bits per heavy atom. The molecule has 6 nitrogen and oxygen atoms in total. The Kier molecular flexibility index (Phi) is 3.22. The van der Waals surface area contributed by atoms with Gasteiger partial charge in [0.15, 0.2) is 0 Å². The molecule has 0 aliphatic heterocycles. The van der Waals surface area contributed by atoms with Gasteiger partial charge in [-0.15, -0.1) is 0 Å². The number of hydrogen-bond acceptors (Lipinski definition) is 4. The second-order valence-electron chi connectivity index (χ2n) is 2.62. The standard InChI is InChI=1S/C6H4Cl3N3O3/c1-11-2-3(12(14)15)10-5(11)4(13)6(7,8)9/h2H,1H3. The molecular formula is C6H4Cl3N3O3. The summed E-state index contributed by atoms with van der Waals surface area (Å²) in [6.45, 7) is 0. The summed E-state index contributed by atoms with van der Waals surface area (Å²) in [5.41, 5.74) is 0. The lowest BCUT2D eigenvalue weighted by molar-refractivity contribution is -0.389. The van der Waals surface area contributed by atoms with Gasteiger partial charge in [0.1, 0.15) is 6.20 Å². The fraction of sp³-hybridized carbons (Fsp3) is 0.333.